The third kappa shape index (κ3) is 4.55. The van der Waals surface area contributed by atoms with Gasteiger partial charge in [-0.1, -0.05) is 23.2 Å². The maximum absolute atomic E-state index is 14.7. The van der Waals surface area contributed by atoms with Crippen LogP contribution in [0.5, 0.6) is 17.4 Å². The molecule has 7 nitrogen and oxygen atoms in total. The summed E-state index contributed by atoms with van der Waals surface area (Å²) in [6.45, 7) is 0. The first-order valence-corrected chi connectivity index (χ1v) is 11.2. The minimum absolute atomic E-state index is 0.00633. The van der Waals surface area contributed by atoms with Crippen LogP contribution in [-0.4, -0.2) is 25.5 Å². The van der Waals surface area contributed by atoms with Crippen molar-refractivity contribution in [3.05, 3.63) is 76.8 Å². The summed E-state index contributed by atoms with van der Waals surface area (Å²) in [4.78, 5) is 7.84. The number of halogens is 3. The van der Waals surface area contributed by atoms with Gasteiger partial charge in [0.1, 0.15) is 15.7 Å². The summed E-state index contributed by atoms with van der Waals surface area (Å²) in [6, 6.07) is 11.5. The highest BCUT2D eigenvalue weighted by atomic mass is 35.5. The largest absolute Gasteiger partial charge is 0.480 e. The number of pyridine rings is 2. The Kier molecular flexibility index (Phi) is 6.05. The van der Waals surface area contributed by atoms with E-state index in [4.69, 9.17) is 32.7 Å². The number of hydrogen-bond acceptors (Lipinski definition) is 6. The summed E-state index contributed by atoms with van der Waals surface area (Å²) >= 11 is 11.9. The lowest BCUT2D eigenvalue weighted by atomic mass is 10.2. The predicted molar refractivity (Wildman–Crippen MR) is 120 cm³/mol. The Morgan fingerprint density at radius 3 is 2.53 bits per heavy atom. The lowest BCUT2D eigenvalue weighted by Gasteiger charge is -2.12. The van der Waals surface area contributed by atoms with E-state index in [0.29, 0.717) is 21.7 Å². The van der Waals surface area contributed by atoms with Crippen LogP contribution in [-0.2, 0) is 10.0 Å². The molecule has 0 fully saturated rings. The second kappa shape index (κ2) is 8.78. The molecule has 2 aromatic carbocycles. The number of nitrogens with zero attached hydrogens (tertiary/aromatic N) is 2. The lowest BCUT2D eigenvalue weighted by molar-refractivity contribution is 0.397. The average Bonchev–Trinajstić information content (AvgIpc) is 2.75. The molecule has 11 heteroatoms. The third-order valence-corrected chi connectivity index (χ3v) is 6.21. The fourth-order valence-electron chi connectivity index (χ4n) is 2.87. The van der Waals surface area contributed by atoms with E-state index in [0.717, 1.165) is 12.3 Å². The van der Waals surface area contributed by atoms with E-state index in [1.54, 1.807) is 24.3 Å². The summed E-state index contributed by atoms with van der Waals surface area (Å²) in [5, 5.41) is 1.18. The van der Waals surface area contributed by atoms with Crippen molar-refractivity contribution in [3.63, 3.8) is 0 Å². The molecule has 164 valence electrons. The normalized spacial score (nSPS) is 11.4. The van der Waals surface area contributed by atoms with Gasteiger partial charge in [-0.25, -0.2) is 17.8 Å². The van der Waals surface area contributed by atoms with Crippen LogP contribution in [0.4, 0.5) is 10.1 Å². The number of methoxy groups -OCH3 is 1. The smallest absolute Gasteiger partial charge is 0.263 e. The Hall–Kier alpha value is -3.14. The molecular formula is C21H14Cl2FN3O4S. The van der Waals surface area contributed by atoms with Gasteiger partial charge in [0.25, 0.3) is 10.0 Å². The lowest BCUT2D eigenvalue weighted by Crippen LogP contribution is -2.13. The maximum Gasteiger partial charge on any atom is 0.263 e. The molecule has 0 amide bonds. The molecule has 32 heavy (non-hydrogen) atoms. The monoisotopic (exact) mass is 493 g/mol. The first-order valence-electron chi connectivity index (χ1n) is 9.01. The van der Waals surface area contributed by atoms with Gasteiger partial charge < -0.3 is 9.47 Å². The zero-order chi connectivity index (χ0) is 22.9. The molecule has 0 atom stereocenters. The number of sulfonamides is 1. The van der Waals surface area contributed by atoms with Gasteiger partial charge >= 0.3 is 0 Å². The number of nitrogens with one attached hydrogen (secondary N) is 1. The third-order valence-electron chi connectivity index (χ3n) is 4.35. The molecule has 0 saturated heterocycles. The molecule has 0 bridgehead atoms. The molecule has 2 aromatic heterocycles. The number of ether oxygens (including phenoxy) is 2. The molecule has 4 rings (SSSR count). The highest BCUT2D eigenvalue weighted by molar-refractivity contribution is 7.92. The number of benzene rings is 2. The van der Waals surface area contributed by atoms with Gasteiger partial charge in [-0.3, -0.25) is 9.71 Å². The van der Waals surface area contributed by atoms with Gasteiger partial charge in [0.2, 0.25) is 5.88 Å². The second-order valence-electron chi connectivity index (χ2n) is 6.49. The van der Waals surface area contributed by atoms with E-state index in [2.05, 4.69) is 14.7 Å². The van der Waals surface area contributed by atoms with Crippen LogP contribution in [0.25, 0.3) is 10.9 Å². The SMILES string of the molecule is COc1ncc(S(=O)(=O)Nc2ccc(Oc3ccnc4cc(Cl)ccc34)c(F)c2)cc1Cl. The van der Waals surface area contributed by atoms with E-state index in [-0.39, 0.29) is 27.2 Å². The second-order valence-corrected chi connectivity index (χ2v) is 9.01. The van der Waals surface area contributed by atoms with E-state index in [9.17, 15) is 12.8 Å². The number of fused-ring (bicyclic) bond motifs is 1. The van der Waals surface area contributed by atoms with Crippen molar-refractivity contribution < 1.29 is 22.3 Å². The van der Waals surface area contributed by atoms with Crippen LogP contribution < -0.4 is 14.2 Å². The minimum Gasteiger partial charge on any atom is -0.480 e. The molecule has 0 spiro atoms. The summed E-state index contributed by atoms with van der Waals surface area (Å²) in [5.41, 5.74) is 0.583. The molecule has 0 radical (unpaired) electrons. The molecule has 4 aromatic rings. The molecular weight excluding hydrogens is 480 g/mol. The van der Waals surface area contributed by atoms with Gasteiger partial charge in [0, 0.05) is 22.7 Å². The van der Waals surface area contributed by atoms with Crippen LogP contribution in [0.15, 0.2) is 65.8 Å². The Balaban J connectivity index is 1.58. The molecule has 0 unspecified atom stereocenters. The Labute approximate surface area is 192 Å². The minimum atomic E-state index is -4.06. The van der Waals surface area contributed by atoms with Gasteiger partial charge in [-0.05, 0) is 42.5 Å². The topological polar surface area (TPSA) is 90.4 Å². The number of anilines is 1. The van der Waals surface area contributed by atoms with E-state index >= 15 is 0 Å². The maximum atomic E-state index is 14.7. The fourth-order valence-corrected chi connectivity index (χ4v) is 4.36. The Morgan fingerprint density at radius 2 is 1.81 bits per heavy atom. The zero-order valence-corrected chi connectivity index (χ0v) is 18.7. The average molecular weight is 494 g/mol. The van der Waals surface area contributed by atoms with E-state index in [1.165, 1.54) is 31.5 Å². The predicted octanol–water partition coefficient (Wildman–Crippen LogP) is 5.68. The van der Waals surface area contributed by atoms with Crippen molar-refractivity contribution in [2.45, 2.75) is 4.90 Å². The standard InChI is InChI=1S/C21H14Cl2FN3O4S/c1-30-21-16(23)10-14(11-26-21)32(28,29)27-13-3-5-20(17(24)9-13)31-19-6-7-25-18-8-12(22)2-4-15(18)19/h2-11,27H,1H3. The number of aromatic nitrogens is 2. The van der Waals surface area contributed by atoms with Crippen molar-refractivity contribution in [1.82, 2.24) is 9.97 Å². The summed E-state index contributed by atoms with van der Waals surface area (Å²) in [7, 11) is -2.70. The van der Waals surface area contributed by atoms with Crippen LogP contribution in [0, 0.1) is 5.82 Å². The number of hydrogen-bond donors (Lipinski definition) is 1. The Bertz CT molecular complexity index is 1430. The molecule has 0 aliphatic rings. The van der Waals surface area contributed by atoms with Gasteiger partial charge in [0.15, 0.2) is 11.6 Å². The van der Waals surface area contributed by atoms with Crippen molar-refractivity contribution in [2.24, 2.45) is 0 Å². The van der Waals surface area contributed by atoms with Crippen LogP contribution >= 0.6 is 23.2 Å². The first kappa shape index (κ1) is 22.1. The van der Waals surface area contributed by atoms with Crippen LogP contribution in [0.2, 0.25) is 10.0 Å². The zero-order valence-electron chi connectivity index (χ0n) is 16.3. The van der Waals surface area contributed by atoms with Crippen molar-refractivity contribution in [1.29, 1.82) is 0 Å². The summed E-state index contributed by atoms with van der Waals surface area (Å²) < 4.78 is 52.8. The molecule has 1 N–H and O–H groups in total. The van der Waals surface area contributed by atoms with Gasteiger partial charge in [0.05, 0.1) is 24.5 Å². The molecule has 2 heterocycles. The summed E-state index contributed by atoms with van der Waals surface area (Å²) in [5.74, 6) is -0.401. The van der Waals surface area contributed by atoms with Crippen LogP contribution in [0.3, 0.4) is 0 Å². The highest BCUT2D eigenvalue weighted by Gasteiger charge is 2.18. The molecule has 0 aliphatic carbocycles. The quantitative estimate of drug-likeness (QED) is 0.371. The van der Waals surface area contributed by atoms with E-state index < -0.39 is 15.8 Å². The van der Waals surface area contributed by atoms with Gasteiger partial charge in [-0.2, -0.15) is 0 Å². The highest BCUT2D eigenvalue weighted by Crippen LogP contribution is 2.33. The first-order chi connectivity index (χ1) is 15.3. The van der Waals surface area contributed by atoms with Crippen molar-refractivity contribution in [2.75, 3.05) is 11.8 Å². The molecule has 0 saturated carbocycles. The number of rotatable bonds is 6. The fraction of sp³-hybridized carbons (Fsp3) is 0.0476. The van der Waals surface area contributed by atoms with Crippen LogP contribution in [0.1, 0.15) is 0 Å². The Morgan fingerprint density at radius 1 is 1.00 bits per heavy atom. The molecule has 0 aliphatic heterocycles. The van der Waals surface area contributed by atoms with Gasteiger partial charge in [-0.15, -0.1) is 0 Å². The van der Waals surface area contributed by atoms with Crippen molar-refractivity contribution in [3.8, 4) is 17.4 Å². The summed E-state index contributed by atoms with van der Waals surface area (Å²) in [6.07, 6.45) is 2.60. The van der Waals surface area contributed by atoms with E-state index in [1.807, 2.05) is 0 Å². The van der Waals surface area contributed by atoms with Crippen molar-refractivity contribution >= 4 is 49.8 Å².